The van der Waals surface area contributed by atoms with E-state index >= 15 is 0 Å². The second kappa shape index (κ2) is 5.62. The Morgan fingerprint density at radius 2 is 2.31 bits per heavy atom. The van der Waals surface area contributed by atoms with Gasteiger partial charge in [-0.2, -0.15) is 0 Å². The summed E-state index contributed by atoms with van der Waals surface area (Å²) in [6, 6.07) is 0. The minimum absolute atomic E-state index is 0.0106. The first-order valence-corrected chi connectivity index (χ1v) is 6.07. The van der Waals surface area contributed by atoms with Gasteiger partial charge in [-0.05, 0) is 29.5 Å². The van der Waals surface area contributed by atoms with Crippen LogP contribution in [0, 0.1) is 3.57 Å². The van der Waals surface area contributed by atoms with Crippen molar-refractivity contribution < 1.29 is 4.79 Å². The minimum atomic E-state index is -0.293. The van der Waals surface area contributed by atoms with Crippen molar-refractivity contribution >= 4 is 40.1 Å². The van der Waals surface area contributed by atoms with E-state index in [1.165, 1.54) is 15.8 Å². The standard InChI is InChI=1S/C9H11ClIN3O2/c1-3-13(2)6(15)4-14-5-12-8(10)7(11)9(14)16/h5H,3-4H2,1-2H3. The SMILES string of the molecule is CCN(C)C(=O)Cn1cnc(Cl)c(I)c1=O. The fraction of sp³-hybridized carbons (Fsp3) is 0.444. The largest absolute Gasteiger partial charge is 0.344 e. The van der Waals surface area contributed by atoms with E-state index in [0.717, 1.165) is 0 Å². The third-order valence-electron chi connectivity index (χ3n) is 2.15. The highest BCUT2D eigenvalue weighted by molar-refractivity contribution is 14.1. The number of hydrogen-bond acceptors (Lipinski definition) is 3. The van der Waals surface area contributed by atoms with E-state index in [-0.39, 0.29) is 23.2 Å². The Balaban J connectivity index is 2.95. The van der Waals surface area contributed by atoms with Gasteiger partial charge in [0.2, 0.25) is 5.91 Å². The fourth-order valence-electron chi connectivity index (χ4n) is 0.999. The Labute approximate surface area is 112 Å². The van der Waals surface area contributed by atoms with Crippen LogP contribution in [-0.4, -0.2) is 34.0 Å². The summed E-state index contributed by atoms with van der Waals surface area (Å²) in [4.78, 5) is 28.7. The summed E-state index contributed by atoms with van der Waals surface area (Å²) in [7, 11) is 1.68. The van der Waals surface area contributed by atoms with Crippen LogP contribution >= 0.6 is 34.2 Å². The van der Waals surface area contributed by atoms with Gasteiger partial charge < -0.3 is 4.90 Å². The molecule has 0 aliphatic heterocycles. The Morgan fingerprint density at radius 3 is 2.88 bits per heavy atom. The maximum Gasteiger partial charge on any atom is 0.268 e. The number of carbonyl (C=O) groups is 1. The Kier molecular flexibility index (Phi) is 4.72. The van der Waals surface area contributed by atoms with E-state index in [9.17, 15) is 9.59 Å². The fourth-order valence-corrected chi connectivity index (χ4v) is 1.57. The van der Waals surface area contributed by atoms with Crippen molar-refractivity contribution in [3.05, 3.63) is 25.4 Å². The number of aromatic nitrogens is 2. The number of halogens is 2. The number of hydrogen-bond donors (Lipinski definition) is 0. The molecule has 0 aliphatic carbocycles. The van der Waals surface area contributed by atoms with Gasteiger partial charge in [0.1, 0.15) is 15.3 Å². The molecule has 0 saturated heterocycles. The third kappa shape index (κ3) is 2.94. The third-order valence-corrected chi connectivity index (χ3v) is 3.72. The highest BCUT2D eigenvalue weighted by atomic mass is 127. The average molecular weight is 356 g/mol. The van der Waals surface area contributed by atoms with Crippen LogP contribution in [-0.2, 0) is 11.3 Å². The van der Waals surface area contributed by atoms with Crippen molar-refractivity contribution in [2.75, 3.05) is 13.6 Å². The second-order valence-electron chi connectivity index (χ2n) is 3.19. The van der Waals surface area contributed by atoms with Crippen LogP contribution in [0.2, 0.25) is 5.15 Å². The second-order valence-corrected chi connectivity index (χ2v) is 4.63. The predicted octanol–water partition coefficient (Wildman–Crippen LogP) is 0.980. The highest BCUT2D eigenvalue weighted by Crippen LogP contribution is 2.09. The molecule has 0 bridgehead atoms. The van der Waals surface area contributed by atoms with E-state index in [4.69, 9.17) is 11.6 Å². The average Bonchev–Trinajstić information content (AvgIpc) is 2.28. The molecule has 0 spiro atoms. The number of carbonyl (C=O) groups excluding carboxylic acids is 1. The zero-order valence-corrected chi connectivity index (χ0v) is 11.8. The Morgan fingerprint density at radius 1 is 1.69 bits per heavy atom. The van der Waals surface area contributed by atoms with Crippen molar-refractivity contribution in [1.29, 1.82) is 0 Å². The molecule has 0 radical (unpaired) electrons. The lowest BCUT2D eigenvalue weighted by Gasteiger charge is -2.15. The molecule has 0 unspecified atom stereocenters. The lowest BCUT2D eigenvalue weighted by Crippen LogP contribution is -2.34. The number of likely N-dealkylation sites (N-methyl/N-ethyl adjacent to an activating group) is 1. The first kappa shape index (κ1) is 13.4. The molecule has 1 aromatic heterocycles. The number of rotatable bonds is 3. The summed E-state index contributed by atoms with van der Waals surface area (Å²) in [5, 5.41) is 0.165. The van der Waals surface area contributed by atoms with Gasteiger partial charge in [-0.1, -0.05) is 11.6 Å². The summed E-state index contributed by atoms with van der Waals surface area (Å²) in [6.07, 6.45) is 1.29. The summed E-state index contributed by atoms with van der Waals surface area (Å²) in [5.41, 5.74) is -0.293. The van der Waals surface area contributed by atoms with E-state index in [0.29, 0.717) is 10.1 Å². The molecule has 16 heavy (non-hydrogen) atoms. The normalized spacial score (nSPS) is 10.2. The molecule has 1 heterocycles. The van der Waals surface area contributed by atoms with E-state index in [2.05, 4.69) is 4.98 Å². The first-order valence-electron chi connectivity index (χ1n) is 4.61. The molecule has 0 fully saturated rings. The molecule has 7 heteroatoms. The van der Waals surface area contributed by atoms with Gasteiger partial charge in [0, 0.05) is 13.6 Å². The molecule has 0 saturated carbocycles. The van der Waals surface area contributed by atoms with Crippen LogP contribution in [0.5, 0.6) is 0 Å². The van der Waals surface area contributed by atoms with E-state index in [1.54, 1.807) is 7.05 Å². The van der Waals surface area contributed by atoms with Crippen molar-refractivity contribution in [3.63, 3.8) is 0 Å². The topological polar surface area (TPSA) is 55.2 Å². The van der Waals surface area contributed by atoms with Gasteiger partial charge >= 0.3 is 0 Å². The van der Waals surface area contributed by atoms with Crippen LogP contribution < -0.4 is 5.56 Å². The maximum atomic E-state index is 11.7. The van der Waals surface area contributed by atoms with Gasteiger partial charge in [0.05, 0.1) is 6.33 Å². The molecule has 0 atom stereocenters. The maximum absolute atomic E-state index is 11.7. The molecule has 1 rings (SSSR count). The zero-order chi connectivity index (χ0) is 12.3. The molecule has 1 amide bonds. The van der Waals surface area contributed by atoms with Crippen molar-refractivity contribution in [1.82, 2.24) is 14.5 Å². The molecule has 0 aliphatic rings. The first-order chi connectivity index (χ1) is 7.47. The van der Waals surface area contributed by atoms with E-state index in [1.807, 2.05) is 29.5 Å². The summed E-state index contributed by atoms with van der Waals surface area (Å²) in [5.74, 6) is -0.135. The number of amides is 1. The molecule has 1 aromatic rings. The van der Waals surface area contributed by atoms with E-state index < -0.39 is 0 Å². The van der Waals surface area contributed by atoms with Crippen molar-refractivity contribution in [2.24, 2.45) is 0 Å². The van der Waals surface area contributed by atoms with Crippen molar-refractivity contribution in [3.8, 4) is 0 Å². The molecular weight excluding hydrogens is 344 g/mol. The lowest BCUT2D eigenvalue weighted by molar-refractivity contribution is -0.130. The van der Waals surface area contributed by atoms with Crippen molar-refractivity contribution in [2.45, 2.75) is 13.5 Å². The smallest absolute Gasteiger partial charge is 0.268 e. The Hall–Kier alpha value is -0.630. The zero-order valence-electron chi connectivity index (χ0n) is 8.91. The predicted molar refractivity (Wildman–Crippen MR) is 69.5 cm³/mol. The molecular formula is C9H11ClIN3O2. The highest BCUT2D eigenvalue weighted by Gasteiger charge is 2.11. The van der Waals surface area contributed by atoms with Gasteiger partial charge in [-0.25, -0.2) is 4.98 Å². The quantitative estimate of drug-likeness (QED) is 0.600. The van der Waals surface area contributed by atoms with Gasteiger partial charge in [-0.15, -0.1) is 0 Å². The Bertz CT molecular complexity index is 461. The summed E-state index contributed by atoms with van der Waals surface area (Å²) < 4.78 is 1.58. The number of nitrogens with zero attached hydrogens (tertiary/aromatic N) is 3. The van der Waals surface area contributed by atoms with Crippen LogP contribution in [0.25, 0.3) is 0 Å². The van der Waals surface area contributed by atoms with Crippen LogP contribution in [0.3, 0.4) is 0 Å². The molecule has 5 nitrogen and oxygen atoms in total. The minimum Gasteiger partial charge on any atom is -0.344 e. The molecule has 0 N–H and O–H groups in total. The molecule has 88 valence electrons. The van der Waals surface area contributed by atoms with Gasteiger partial charge in [0.15, 0.2) is 0 Å². The van der Waals surface area contributed by atoms with Gasteiger partial charge in [0.25, 0.3) is 5.56 Å². The van der Waals surface area contributed by atoms with Crippen LogP contribution in [0.15, 0.2) is 11.1 Å². The van der Waals surface area contributed by atoms with Crippen LogP contribution in [0.1, 0.15) is 6.92 Å². The van der Waals surface area contributed by atoms with Crippen LogP contribution in [0.4, 0.5) is 0 Å². The lowest BCUT2D eigenvalue weighted by atomic mass is 10.5. The molecule has 0 aromatic carbocycles. The summed E-state index contributed by atoms with van der Waals surface area (Å²) >= 11 is 7.50. The monoisotopic (exact) mass is 355 g/mol. The summed E-state index contributed by atoms with van der Waals surface area (Å²) in [6.45, 7) is 2.46. The van der Waals surface area contributed by atoms with Gasteiger partial charge in [-0.3, -0.25) is 14.2 Å².